The number of carbonyl (C=O) groups is 2. The lowest BCUT2D eigenvalue weighted by Gasteiger charge is -2.12. The van der Waals surface area contributed by atoms with Crippen molar-refractivity contribution >= 4 is 28.9 Å². The fourth-order valence-electron chi connectivity index (χ4n) is 2.62. The van der Waals surface area contributed by atoms with Crippen LogP contribution in [0.15, 0.2) is 66.7 Å². The number of nitrogens with zero attached hydrogens (tertiary/aromatic N) is 2. The molecule has 0 aliphatic heterocycles. The zero-order chi connectivity index (χ0) is 22.5. The number of nitro benzene ring substituents is 2. The largest absolute Gasteiger partial charge is 0.421 e. The number of hydrogen-bond acceptors (Lipinski definition) is 7. The van der Waals surface area contributed by atoms with E-state index in [-0.39, 0.29) is 33.9 Å². The zero-order valence-corrected chi connectivity index (χ0v) is 16.1. The summed E-state index contributed by atoms with van der Waals surface area (Å²) in [7, 11) is 0. The van der Waals surface area contributed by atoms with E-state index >= 15 is 0 Å². The van der Waals surface area contributed by atoms with Crippen LogP contribution in [0.2, 0.25) is 0 Å². The topological polar surface area (TPSA) is 142 Å². The van der Waals surface area contributed by atoms with Crippen LogP contribution in [0.3, 0.4) is 0 Å². The molecule has 0 radical (unpaired) electrons. The van der Waals surface area contributed by atoms with Crippen molar-refractivity contribution < 1.29 is 24.2 Å². The first-order chi connectivity index (χ1) is 14.7. The van der Waals surface area contributed by atoms with E-state index in [1.165, 1.54) is 48.5 Å². The third-order valence-corrected chi connectivity index (χ3v) is 4.24. The predicted octanol–water partition coefficient (Wildman–Crippen LogP) is 4.28. The number of ether oxygens (including phenoxy) is 1. The van der Waals surface area contributed by atoms with E-state index in [1.54, 1.807) is 25.1 Å². The van der Waals surface area contributed by atoms with Crippen molar-refractivity contribution in [3.8, 4) is 5.75 Å². The van der Waals surface area contributed by atoms with Gasteiger partial charge in [-0.3, -0.25) is 25.0 Å². The molecule has 1 amide bonds. The Labute approximate surface area is 175 Å². The van der Waals surface area contributed by atoms with Gasteiger partial charge in [0.1, 0.15) is 0 Å². The lowest BCUT2D eigenvalue weighted by atomic mass is 10.1. The van der Waals surface area contributed by atoms with Crippen molar-refractivity contribution in [3.63, 3.8) is 0 Å². The number of anilines is 1. The van der Waals surface area contributed by atoms with E-state index in [4.69, 9.17) is 4.74 Å². The molecule has 10 heteroatoms. The highest BCUT2D eigenvalue weighted by Crippen LogP contribution is 2.28. The minimum Gasteiger partial charge on any atom is -0.421 e. The van der Waals surface area contributed by atoms with Crippen molar-refractivity contribution in [1.82, 2.24) is 0 Å². The maximum atomic E-state index is 12.5. The fraction of sp³-hybridized carbons (Fsp3) is 0.0476. The molecule has 0 aliphatic rings. The summed E-state index contributed by atoms with van der Waals surface area (Å²) in [5.74, 6) is -1.23. The molecule has 0 atom stereocenters. The van der Waals surface area contributed by atoms with E-state index in [9.17, 15) is 29.8 Å². The lowest BCUT2D eigenvalue weighted by Crippen LogP contribution is -2.15. The van der Waals surface area contributed by atoms with Gasteiger partial charge in [0.2, 0.25) is 0 Å². The summed E-state index contributed by atoms with van der Waals surface area (Å²) in [4.78, 5) is 45.3. The molecule has 0 fully saturated rings. The molecule has 10 nitrogen and oxygen atoms in total. The fourth-order valence-corrected chi connectivity index (χ4v) is 2.62. The summed E-state index contributed by atoms with van der Waals surface area (Å²) in [5, 5.41) is 24.1. The molecule has 3 aromatic rings. The monoisotopic (exact) mass is 421 g/mol. The summed E-state index contributed by atoms with van der Waals surface area (Å²) in [6.45, 7) is 1.77. The number of carbonyl (C=O) groups excluding carboxylic acids is 2. The van der Waals surface area contributed by atoms with Crippen LogP contribution in [0.5, 0.6) is 5.75 Å². The maximum Gasteiger partial charge on any atom is 0.343 e. The van der Waals surface area contributed by atoms with E-state index in [1.807, 2.05) is 0 Å². The van der Waals surface area contributed by atoms with E-state index < -0.39 is 21.7 Å². The number of esters is 1. The molecular weight excluding hydrogens is 406 g/mol. The van der Waals surface area contributed by atoms with Crippen LogP contribution >= 0.6 is 0 Å². The van der Waals surface area contributed by atoms with E-state index in [0.29, 0.717) is 0 Å². The smallest absolute Gasteiger partial charge is 0.343 e. The number of nitro groups is 2. The molecule has 31 heavy (non-hydrogen) atoms. The summed E-state index contributed by atoms with van der Waals surface area (Å²) < 4.78 is 5.39. The first-order valence-electron chi connectivity index (χ1n) is 8.87. The highest BCUT2D eigenvalue weighted by atomic mass is 16.6. The van der Waals surface area contributed by atoms with Gasteiger partial charge < -0.3 is 10.1 Å². The molecule has 3 rings (SSSR count). The Balaban J connectivity index is 1.80. The molecule has 0 saturated heterocycles. The van der Waals surface area contributed by atoms with Gasteiger partial charge in [-0.15, -0.1) is 0 Å². The average Bonchev–Trinajstić information content (AvgIpc) is 2.75. The van der Waals surface area contributed by atoms with Crippen LogP contribution < -0.4 is 10.1 Å². The van der Waals surface area contributed by atoms with Gasteiger partial charge in [0.05, 0.1) is 21.1 Å². The number of amides is 1. The first-order valence-corrected chi connectivity index (χ1v) is 8.87. The predicted molar refractivity (Wildman–Crippen MR) is 110 cm³/mol. The second kappa shape index (κ2) is 8.82. The van der Waals surface area contributed by atoms with Crippen molar-refractivity contribution in [2.75, 3.05) is 5.32 Å². The van der Waals surface area contributed by atoms with Crippen molar-refractivity contribution in [3.05, 3.63) is 104 Å². The molecule has 0 spiro atoms. The molecule has 0 unspecified atom stereocenters. The standard InChI is InChI=1S/C21H15N3O7/c1-13-2-11-18(22-20(25)14-3-7-16(8-4-14)23(27)28)19(12-13)31-21(26)15-5-9-17(10-6-15)24(29)30/h2-12H,1H3,(H,22,25). The van der Waals surface area contributed by atoms with Crippen molar-refractivity contribution in [1.29, 1.82) is 0 Å². The molecule has 0 bridgehead atoms. The first kappa shape index (κ1) is 21.1. The Kier molecular flexibility index (Phi) is 6.01. The van der Waals surface area contributed by atoms with Crippen LogP contribution in [-0.4, -0.2) is 21.7 Å². The minimum absolute atomic E-state index is 0.0821. The lowest BCUT2D eigenvalue weighted by molar-refractivity contribution is -0.385. The number of hydrogen-bond donors (Lipinski definition) is 1. The van der Waals surface area contributed by atoms with E-state index in [0.717, 1.165) is 5.56 Å². The van der Waals surface area contributed by atoms with Gasteiger partial charge in [0, 0.05) is 29.8 Å². The molecule has 0 heterocycles. The summed E-state index contributed by atoms with van der Waals surface area (Å²) >= 11 is 0. The summed E-state index contributed by atoms with van der Waals surface area (Å²) in [6, 6.07) is 14.7. The normalized spacial score (nSPS) is 10.2. The van der Waals surface area contributed by atoms with Crippen LogP contribution in [0, 0.1) is 27.2 Å². The third kappa shape index (κ3) is 5.07. The molecule has 0 aliphatic carbocycles. The van der Waals surface area contributed by atoms with Crippen molar-refractivity contribution in [2.24, 2.45) is 0 Å². The van der Waals surface area contributed by atoms with E-state index in [2.05, 4.69) is 5.32 Å². The second-order valence-corrected chi connectivity index (χ2v) is 6.45. The number of nitrogens with one attached hydrogen (secondary N) is 1. The number of non-ortho nitro benzene ring substituents is 2. The average molecular weight is 421 g/mol. The Hall–Kier alpha value is -4.60. The SMILES string of the molecule is Cc1ccc(NC(=O)c2ccc([N+](=O)[O-])cc2)c(OC(=O)c2ccc([N+](=O)[O-])cc2)c1. The van der Waals surface area contributed by atoms with Crippen LogP contribution in [0.1, 0.15) is 26.3 Å². The Morgan fingerprint density at radius 3 is 1.84 bits per heavy atom. The Bertz CT molecular complexity index is 1170. The molecule has 1 N–H and O–H groups in total. The molecule has 0 saturated carbocycles. The van der Waals surface area contributed by atoms with Gasteiger partial charge >= 0.3 is 5.97 Å². The highest BCUT2D eigenvalue weighted by molar-refractivity contribution is 6.05. The third-order valence-electron chi connectivity index (χ3n) is 4.24. The second-order valence-electron chi connectivity index (χ2n) is 6.45. The Morgan fingerprint density at radius 1 is 0.806 bits per heavy atom. The maximum absolute atomic E-state index is 12.5. The zero-order valence-electron chi connectivity index (χ0n) is 16.1. The van der Waals surface area contributed by atoms with Crippen LogP contribution in [-0.2, 0) is 0 Å². The summed E-state index contributed by atoms with van der Waals surface area (Å²) in [5.41, 5.74) is 0.940. The van der Waals surface area contributed by atoms with Gasteiger partial charge in [0.25, 0.3) is 17.3 Å². The molecule has 0 aromatic heterocycles. The number of rotatable bonds is 6. The minimum atomic E-state index is -0.758. The molecule has 156 valence electrons. The summed E-state index contributed by atoms with van der Waals surface area (Å²) in [6.07, 6.45) is 0. The Morgan fingerprint density at radius 2 is 1.32 bits per heavy atom. The van der Waals surface area contributed by atoms with Gasteiger partial charge in [-0.05, 0) is 48.9 Å². The highest BCUT2D eigenvalue weighted by Gasteiger charge is 2.16. The number of benzene rings is 3. The molecule has 3 aromatic carbocycles. The van der Waals surface area contributed by atoms with Gasteiger partial charge in [-0.25, -0.2) is 4.79 Å². The van der Waals surface area contributed by atoms with Crippen LogP contribution in [0.25, 0.3) is 0 Å². The van der Waals surface area contributed by atoms with Crippen molar-refractivity contribution in [2.45, 2.75) is 6.92 Å². The molecular formula is C21H15N3O7. The van der Waals surface area contributed by atoms with Gasteiger partial charge in [0.15, 0.2) is 5.75 Å². The van der Waals surface area contributed by atoms with Gasteiger partial charge in [-0.1, -0.05) is 6.07 Å². The quantitative estimate of drug-likeness (QED) is 0.271. The van der Waals surface area contributed by atoms with Gasteiger partial charge in [-0.2, -0.15) is 0 Å². The van der Waals surface area contributed by atoms with Crippen LogP contribution in [0.4, 0.5) is 17.1 Å². The number of aryl methyl sites for hydroxylation is 1.